The highest BCUT2D eigenvalue weighted by atomic mass is 14.8. The van der Waals surface area contributed by atoms with Gasteiger partial charge in [-0.25, -0.2) is 0 Å². The number of rotatable bonds is 4. The molecule has 0 saturated heterocycles. The van der Waals surface area contributed by atoms with Crippen LogP contribution in [0.15, 0.2) is 131 Å². The second-order valence-electron chi connectivity index (χ2n) is 13.0. The fourth-order valence-electron chi connectivity index (χ4n) is 7.70. The van der Waals surface area contributed by atoms with Crippen LogP contribution in [0, 0.1) is 0 Å². The van der Waals surface area contributed by atoms with Crippen molar-refractivity contribution in [2.45, 2.75) is 25.7 Å². The average Bonchev–Trinajstić information content (AvgIpc) is 3.90. The Morgan fingerprint density at radius 2 is 0.826 bits per heavy atom. The summed E-state index contributed by atoms with van der Waals surface area (Å²) in [6.45, 7) is 0. The van der Waals surface area contributed by atoms with Gasteiger partial charge in [-0.1, -0.05) is 97.1 Å². The molecular formula is C44H30N2. The smallest absolute Gasteiger partial charge is 0.0675 e. The van der Waals surface area contributed by atoms with Gasteiger partial charge in [-0.2, -0.15) is 0 Å². The molecule has 216 valence electrons. The minimum atomic E-state index is 0.864. The number of allylic oxidation sites excluding steroid dienone is 2. The molecule has 0 atom stereocenters. The van der Waals surface area contributed by atoms with Crippen LogP contribution in [-0.4, -0.2) is 11.4 Å². The molecule has 0 saturated carbocycles. The average molecular weight is 587 g/mol. The fourth-order valence-corrected chi connectivity index (χ4v) is 7.70. The summed E-state index contributed by atoms with van der Waals surface area (Å²) in [6.07, 6.45) is 8.35. The normalized spacial score (nSPS) is 15.6. The lowest BCUT2D eigenvalue weighted by Gasteiger charge is -2.06. The molecule has 0 aromatic heterocycles. The molecule has 2 aliphatic heterocycles. The summed E-state index contributed by atoms with van der Waals surface area (Å²) in [5.41, 5.74) is 20.4. The number of hydrogen-bond donors (Lipinski definition) is 0. The maximum absolute atomic E-state index is 5.16. The number of benzene rings is 6. The van der Waals surface area contributed by atoms with Gasteiger partial charge in [0.05, 0.1) is 22.8 Å². The zero-order valence-corrected chi connectivity index (χ0v) is 25.4. The summed E-state index contributed by atoms with van der Waals surface area (Å²) in [5, 5.41) is 2.49. The summed E-state index contributed by atoms with van der Waals surface area (Å²) >= 11 is 0. The lowest BCUT2D eigenvalue weighted by atomic mass is 9.96. The Morgan fingerprint density at radius 1 is 0.370 bits per heavy atom. The number of hydrogen-bond acceptors (Lipinski definition) is 2. The summed E-state index contributed by atoms with van der Waals surface area (Å²) < 4.78 is 0. The van der Waals surface area contributed by atoms with E-state index in [-0.39, 0.29) is 0 Å². The molecule has 0 unspecified atom stereocenters. The summed E-state index contributed by atoms with van der Waals surface area (Å²) in [5.74, 6) is 0. The van der Waals surface area contributed by atoms with Crippen LogP contribution < -0.4 is 0 Å². The molecule has 0 N–H and O–H groups in total. The van der Waals surface area contributed by atoms with E-state index in [0.717, 1.165) is 48.5 Å². The molecule has 0 spiro atoms. The SMILES string of the molecule is C1=C(c2ccccc2)Cc2cc(C3=Nc4cc5cc6c(cc5cc4C3)N=C(c3ccc4c(c3)CC(c3ccccc3)=C4)C6)ccc21. The highest BCUT2D eigenvalue weighted by molar-refractivity contribution is 6.10. The zero-order valence-electron chi connectivity index (χ0n) is 25.4. The van der Waals surface area contributed by atoms with Crippen molar-refractivity contribution in [1.82, 2.24) is 0 Å². The molecule has 6 aromatic carbocycles. The second kappa shape index (κ2) is 9.95. The van der Waals surface area contributed by atoms with Crippen molar-refractivity contribution in [1.29, 1.82) is 0 Å². The van der Waals surface area contributed by atoms with E-state index in [1.807, 2.05) is 0 Å². The summed E-state index contributed by atoms with van der Waals surface area (Å²) in [7, 11) is 0. The molecule has 0 radical (unpaired) electrons. The Labute approximate surface area is 268 Å². The topological polar surface area (TPSA) is 24.7 Å². The maximum atomic E-state index is 5.16. The van der Waals surface area contributed by atoms with Crippen molar-refractivity contribution in [3.63, 3.8) is 0 Å². The lowest BCUT2D eigenvalue weighted by Crippen LogP contribution is -2.01. The van der Waals surface area contributed by atoms with Crippen LogP contribution in [0.2, 0.25) is 0 Å². The second-order valence-corrected chi connectivity index (χ2v) is 13.0. The molecule has 2 heteroatoms. The summed E-state index contributed by atoms with van der Waals surface area (Å²) in [6, 6.07) is 44.4. The molecule has 0 fully saturated rings. The molecular weight excluding hydrogens is 556 g/mol. The number of fused-ring (bicyclic) bond motifs is 5. The van der Waals surface area contributed by atoms with Crippen molar-refractivity contribution in [3.05, 3.63) is 177 Å². The lowest BCUT2D eigenvalue weighted by molar-refractivity contribution is 1.30. The van der Waals surface area contributed by atoms with Crippen molar-refractivity contribution in [3.8, 4) is 0 Å². The van der Waals surface area contributed by atoms with Crippen LogP contribution in [0.25, 0.3) is 34.1 Å². The third-order valence-corrected chi connectivity index (χ3v) is 10.1. The van der Waals surface area contributed by atoms with Gasteiger partial charge in [-0.3, -0.25) is 9.98 Å². The molecule has 10 rings (SSSR count). The first-order valence-corrected chi connectivity index (χ1v) is 16.2. The largest absolute Gasteiger partial charge is 0.252 e. The van der Waals surface area contributed by atoms with Gasteiger partial charge >= 0.3 is 0 Å². The van der Waals surface area contributed by atoms with Gasteiger partial charge in [-0.05, 0) is 127 Å². The maximum Gasteiger partial charge on any atom is 0.0675 e. The Kier molecular flexibility index (Phi) is 5.56. The predicted octanol–water partition coefficient (Wildman–Crippen LogP) is 10.4. The molecule has 0 amide bonds. The van der Waals surface area contributed by atoms with E-state index < -0.39 is 0 Å². The number of nitrogens with zero attached hydrogens (tertiary/aromatic N) is 2. The molecule has 2 aliphatic carbocycles. The van der Waals surface area contributed by atoms with Gasteiger partial charge in [0, 0.05) is 12.8 Å². The van der Waals surface area contributed by atoms with Gasteiger partial charge in [0.15, 0.2) is 0 Å². The third-order valence-electron chi connectivity index (χ3n) is 10.1. The predicted molar refractivity (Wildman–Crippen MR) is 193 cm³/mol. The van der Waals surface area contributed by atoms with Crippen molar-refractivity contribution >= 4 is 56.9 Å². The van der Waals surface area contributed by atoms with Gasteiger partial charge in [0.1, 0.15) is 0 Å². The minimum absolute atomic E-state index is 0.864. The monoisotopic (exact) mass is 586 g/mol. The van der Waals surface area contributed by atoms with Crippen LogP contribution in [0.4, 0.5) is 11.4 Å². The van der Waals surface area contributed by atoms with Gasteiger partial charge in [-0.15, -0.1) is 0 Å². The minimum Gasteiger partial charge on any atom is -0.252 e. The van der Waals surface area contributed by atoms with Gasteiger partial charge in [0.25, 0.3) is 0 Å². The molecule has 0 bridgehead atoms. The molecule has 6 aromatic rings. The Hall–Kier alpha value is -5.60. The van der Waals surface area contributed by atoms with Crippen LogP contribution >= 0.6 is 0 Å². The molecule has 2 nitrogen and oxygen atoms in total. The van der Waals surface area contributed by atoms with E-state index in [1.54, 1.807) is 0 Å². The van der Waals surface area contributed by atoms with E-state index in [1.165, 1.54) is 77.6 Å². The Morgan fingerprint density at radius 3 is 1.28 bits per heavy atom. The van der Waals surface area contributed by atoms with Gasteiger partial charge in [0.2, 0.25) is 0 Å². The molecule has 4 aliphatic rings. The van der Waals surface area contributed by atoms with Crippen molar-refractivity contribution in [2.75, 3.05) is 0 Å². The van der Waals surface area contributed by atoms with Gasteiger partial charge < -0.3 is 0 Å². The highest BCUT2D eigenvalue weighted by Gasteiger charge is 2.23. The van der Waals surface area contributed by atoms with E-state index in [4.69, 9.17) is 9.98 Å². The molecule has 46 heavy (non-hydrogen) atoms. The Bertz CT molecular complexity index is 2220. The van der Waals surface area contributed by atoms with E-state index in [2.05, 4.69) is 133 Å². The van der Waals surface area contributed by atoms with Crippen LogP contribution in [0.5, 0.6) is 0 Å². The van der Waals surface area contributed by atoms with Crippen LogP contribution in [0.3, 0.4) is 0 Å². The standard InChI is InChI=1S/C44H30N2/c1-3-7-27(8-4-1)33-15-29-11-13-31(17-35(29)19-33)41-25-39-21-37-24-44-40(22-38(37)23-43(39)45-41)26-42(46-44)32-14-12-30-16-34(20-36(30)18-32)28-9-5-2-6-10-28/h1-18,21-24H,19-20,25-26H2. The molecule has 2 heterocycles. The summed E-state index contributed by atoms with van der Waals surface area (Å²) in [4.78, 5) is 10.3. The fraction of sp³-hybridized carbons (Fsp3) is 0.0909. The van der Waals surface area contributed by atoms with Crippen molar-refractivity contribution < 1.29 is 0 Å². The highest BCUT2D eigenvalue weighted by Crippen LogP contribution is 2.40. The quantitative estimate of drug-likeness (QED) is 0.196. The first kappa shape index (κ1) is 25.7. The first-order valence-electron chi connectivity index (χ1n) is 16.2. The first-order chi connectivity index (χ1) is 22.7. The van der Waals surface area contributed by atoms with E-state index in [9.17, 15) is 0 Å². The number of aliphatic imine (C=N–C) groups is 2. The van der Waals surface area contributed by atoms with E-state index in [0.29, 0.717) is 0 Å². The van der Waals surface area contributed by atoms with Crippen LogP contribution in [0.1, 0.15) is 55.6 Å². The van der Waals surface area contributed by atoms with Crippen LogP contribution in [-0.2, 0) is 25.7 Å². The van der Waals surface area contributed by atoms with E-state index >= 15 is 0 Å². The third kappa shape index (κ3) is 4.25. The Balaban J connectivity index is 0.891. The van der Waals surface area contributed by atoms with Crippen molar-refractivity contribution in [2.24, 2.45) is 9.98 Å². The zero-order chi connectivity index (χ0) is 30.2.